The van der Waals surface area contributed by atoms with Gasteiger partial charge in [0.1, 0.15) is 0 Å². The van der Waals surface area contributed by atoms with Crippen LogP contribution >= 0.6 is 0 Å². The normalized spacial score (nSPS) is 15.7. The zero-order valence-corrected chi connectivity index (χ0v) is 8.08. The highest BCUT2D eigenvalue weighted by molar-refractivity contribution is 4.88. The Bertz CT molecular complexity index is 128. The molecule has 0 bridgehead atoms. The summed E-state index contributed by atoms with van der Waals surface area (Å²) in [4.78, 5) is 0. The molecule has 72 valence electrons. The predicted molar refractivity (Wildman–Crippen MR) is 50.9 cm³/mol. The van der Waals surface area contributed by atoms with Crippen LogP contribution in [0.3, 0.4) is 0 Å². The average molecular weight is 172 g/mol. The van der Waals surface area contributed by atoms with Gasteiger partial charge in [0.15, 0.2) is 0 Å². The second-order valence-corrected chi connectivity index (χ2v) is 3.41. The van der Waals surface area contributed by atoms with Crippen molar-refractivity contribution < 1.29 is 10.2 Å². The first-order valence-electron chi connectivity index (χ1n) is 4.55. The molecule has 0 aromatic carbocycles. The zero-order valence-electron chi connectivity index (χ0n) is 8.08. The lowest BCUT2D eigenvalue weighted by Crippen LogP contribution is -2.22. The van der Waals surface area contributed by atoms with Gasteiger partial charge in [0.05, 0.1) is 6.10 Å². The van der Waals surface area contributed by atoms with Crippen LogP contribution in [0.5, 0.6) is 0 Å². The van der Waals surface area contributed by atoms with E-state index in [2.05, 4.69) is 6.58 Å². The molecule has 0 saturated heterocycles. The molecule has 0 saturated carbocycles. The summed E-state index contributed by atoms with van der Waals surface area (Å²) in [6.45, 7) is 7.77. The molecule has 0 aromatic heterocycles. The number of rotatable bonds is 6. The van der Waals surface area contributed by atoms with Crippen LogP contribution in [0.25, 0.3) is 0 Å². The fraction of sp³-hybridized carbons (Fsp3) is 0.800. The van der Waals surface area contributed by atoms with Gasteiger partial charge in [0.25, 0.3) is 0 Å². The Morgan fingerprint density at radius 3 is 2.42 bits per heavy atom. The van der Waals surface area contributed by atoms with Gasteiger partial charge in [-0.15, -0.1) is 6.58 Å². The molecule has 2 nitrogen and oxygen atoms in total. The molecule has 0 aliphatic carbocycles. The zero-order chi connectivity index (χ0) is 9.56. The number of allylic oxidation sites excluding steroid dienone is 1. The van der Waals surface area contributed by atoms with Gasteiger partial charge in [-0.1, -0.05) is 12.5 Å². The summed E-state index contributed by atoms with van der Waals surface area (Å²) in [6.07, 6.45) is 2.01. The van der Waals surface area contributed by atoms with E-state index in [1.807, 2.05) is 13.8 Å². The first-order valence-corrected chi connectivity index (χ1v) is 4.55. The molecule has 0 spiro atoms. The van der Waals surface area contributed by atoms with Gasteiger partial charge in [-0.05, 0) is 26.2 Å². The Labute approximate surface area is 74.9 Å². The fourth-order valence-corrected chi connectivity index (χ4v) is 1.15. The maximum Gasteiger partial charge on any atom is 0.0593 e. The summed E-state index contributed by atoms with van der Waals surface area (Å²) >= 11 is 0. The third-order valence-corrected chi connectivity index (χ3v) is 2.17. The summed E-state index contributed by atoms with van der Waals surface area (Å²) in [6, 6.07) is 0. The van der Waals surface area contributed by atoms with E-state index in [9.17, 15) is 5.11 Å². The topological polar surface area (TPSA) is 40.5 Å². The number of hydrogen-bond acceptors (Lipinski definition) is 2. The Balaban J connectivity index is 3.68. The van der Waals surface area contributed by atoms with E-state index >= 15 is 0 Å². The van der Waals surface area contributed by atoms with Crippen LogP contribution in [0.4, 0.5) is 0 Å². The van der Waals surface area contributed by atoms with E-state index < -0.39 is 0 Å². The highest BCUT2D eigenvalue weighted by Crippen LogP contribution is 2.14. The third-order valence-electron chi connectivity index (χ3n) is 2.17. The van der Waals surface area contributed by atoms with Crippen molar-refractivity contribution in [1.82, 2.24) is 0 Å². The molecule has 2 heteroatoms. The standard InChI is InChI=1S/C10H20O2/c1-4-9(7-11)10(12)6-5-8(2)3/h9-12H,2,4-7H2,1,3H3/t9-,10+/m0/s1. The van der Waals surface area contributed by atoms with Gasteiger partial charge in [-0.2, -0.15) is 0 Å². The van der Waals surface area contributed by atoms with Crippen molar-refractivity contribution in [2.75, 3.05) is 6.61 Å². The molecule has 12 heavy (non-hydrogen) atoms. The molecule has 0 aliphatic heterocycles. The summed E-state index contributed by atoms with van der Waals surface area (Å²) in [5, 5.41) is 18.4. The molecule has 0 amide bonds. The van der Waals surface area contributed by atoms with Gasteiger partial charge in [0.2, 0.25) is 0 Å². The van der Waals surface area contributed by atoms with Gasteiger partial charge >= 0.3 is 0 Å². The smallest absolute Gasteiger partial charge is 0.0593 e. The fourth-order valence-electron chi connectivity index (χ4n) is 1.15. The maximum atomic E-state index is 9.56. The highest BCUT2D eigenvalue weighted by Gasteiger charge is 2.15. The van der Waals surface area contributed by atoms with Gasteiger partial charge in [-0.25, -0.2) is 0 Å². The van der Waals surface area contributed by atoms with Crippen molar-refractivity contribution >= 4 is 0 Å². The third kappa shape index (κ3) is 4.52. The monoisotopic (exact) mass is 172 g/mol. The SMILES string of the molecule is C=C(C)CC[C@@H](O)[C@@H](CC)CO. The van der Waals surface area contributed by atoms with E-state index in [-0.39, 0.29) is 18.6 Å². The van der Waals surface area contributed by atoms with Crippen LogP contribution in [-0.4, -0.2) is 22.9 Å². The van der Waals surface area contributed by atoms with E-state index in [4.69, 9.17) is 5.11 Å². The molecule has 0 fully saturated rings. The van der Waals surface area contributed by atoms with Crippen LogP contribution in [0, 0.1) is 5.92 Å². The molecular weight excluding hydrogens is 152 g/mol. The van der Waals surface area contributed by atoms with Gasteiger partial charge in [-0.3, -0.25) is 0 Å². The Hall–Kier alpha value is -0.340. The molecule has 0 aromatic rings. The minimum absolute atomic E-state index is 0.0318. The predicted octanol–water partition coefficient (Wildman–Crippen LogP) is 1.72. The largest absolute Gasteiger partial charge is 0.396 e. The Morgan fingerprint density at radius 2 is 2.08 bits per heavy atom. The van der Waals surface area contributed by atoms with Crippen LogP contribution in [-0.2, 0) is 0 Å². The molecular formula is C10H20O2. The van der Waals surface area contributed by atoms with E-state index in [1.165, 1.54) is 0 Å². The van der Waals surface area contributed by atoms with Crippen LogP contribution in [0.2, 0.25) is 0 Å². The highest BCUT2D eigenvalue weighted by atomic mass is 16.3. The molecule has 2 N–H and O–H groups in total. The van der Waals surface area contributed by atoms with Gasteiger partial charge < -0.3 is 10.2 Å². The second-order valence-electron chi connectivity index (χ2n) is 3.41. The molecule has 0 heterocycles. The molecule has 0 unspecified atom stereocenters. The van der Waals surface area contributed by atoms with Crippen molar-refractivity contribution in [3.05, 3.63) is 12.2 Å². The average Bonchev–Trinajstić information content (AvgIpc) is 2.03. The van der Waals surface area contributed by atoms with Crippen molar-refractivity contribution in [3.63, 3.8) is 0 Å². The Morgan fingerprint density at radius 1 is 1.50 bits per heavy atom. The first kappa shape index (κ1) is 11.7. The maximum absolute atomic E-state index is 9.56. The molecule has 0 radical (unpaired) electrons. The van der Waals surface area contributed by atoms with Gasteiger partial charge in [0, 0.05) is 12.5 Å². The summed E-state index contributed by atoms with van der Waals surface area (Å²) < 4.78 is 0. The number of hydrogen-bond donors (Lipinski definition) is 2. The van der Waals surface area contributed by atoms with Crippen molar-refractivity contribution in [3.8, 4) is 0 Å². The van der Waals surface area contributed by atoms with E-state index in [0.29, 0.717) is 6.42 Å². The van der Waals surface area contributed by atoms with E-state index in [1.54, 1.807) is 0 Å². The van der Waals surface area contributed by atoms with Crippen LogP contribution in [0.15, 0.2) is 12.2 Å². The molecule has 2 atom stereocenters. The van der Waals surface area contributed by atoms with Crippen molar-refractivity contribution in [2.24, 2.45) is 5.92 Å². The summed E-state index contributed by atoms with van der Waals surface area (Å²) in [5.74, 6) is 0.0318. The lowest BCUT2D eigenvalue weighted by Gasteiger charge is -2.18. The lowest BCUT2D eigenvalue weighted by molar-refractivity contribution is 0.0591. The minimum atomic E-state index is -0.378. The van der Waals surface area contributed by atoms with Crippen molar-refractivity contribution in [2.45, 2.75) is 39.2 Å². The quantitative estimate of drug-likeness (QED) is 0.599. The van der Waals surface area contributed by atoms with Crippen LogP contribution in [0.1, 0.15) is 33.1 Å². The summed E-state index contributed by atoms with van der Waals surface area (Å²) in [5.41, 5.74) is 1.09. The lowest BCUT2D eigenvalue weighted by atomic mass is 9.95. The summed E-state index contributed by atoms with van der Waals surface area (Å²) in [7, 11) is 0. The number of aliphatic hydroxyl groups is 2. The number of aliphatic hydroxyl groups excluding tert-OH is 2. The minimum Gasteiger partial charge on any atom is -0.396 e. The second kappa shape index (κ2) is 6.21. The molecule has 0 aliphatic rings. The van der Waals surface area contributed by atoms with Crippen molar-refractivity contribution in [1.29, 1.82) is 0 Å². The van der Waals surface area contributed by atoms with Crippen LogP contribution < -0.4 is 0 Å². The first-order chi connectivity index (χ1) is 5.61. The Kier molecular flexibility index (Phi) is 6.03. The molecule has 0 rings (SSSR count). The van der Waals surface area contributed by atoms with E-state index in [0.717, 1.165) is 18.4 Å².